The van der Waals surface area contributed by atoms with Gasteiger partial charge in [-0.25, -0.2) is 0 Å². The van der Waals surface area contributed by atoms with Crippen molar-refractivity contribution in [2.75, 3.05) is 6.54 Å². The number of aromatic nitrogens is 2. The Morgan fingerprint density at radius 1 is 0.947 bits per heavy atom. The third kappa shape index (κ3) is 4.53. The molecule has 2 saturated carbocycles. The normalized spacial score (nSPS) is 20.8. The Kier molecular flexibility index (Phi) is 4.83. The Morgan fingerprint density at radius 2 is 1.68 bits per heavy atom. The summed E-state index contributed by atoms with van der Waals surface area (Å²) in [5.41, 5.74) is 0. The van der Waals surface area contributed by atoms with E-state index in [1.54, 1.807) is 0 Å². The summed E-state index contributed by atoms with van der Waals surface area (Å²) in [7, 11) is 0. The molecule has 3 rings (SSSR count). The van der Waals surface area contributed by atoms with Crippen molar-refractivity contribution in [2.24, 2.45) is 5.92 Å². The van der Waals surface area contributed by atoms with Crippen LogP contribution in [0.15, 0.2) is 0 Å². The highest BCUT2D eigenvalue weighted by atomic mass is 32.1. The maximum absolute atomic E-state index is 4.35. The van der Waals surface area contributed by atoms with Crippen LogP contribution in [-0.4, -0.2) is 22.8 Å². The lowest BCUT2D eigenvalue weighted by Crippen LogP contribution is -2.19. The second-order valence-corrected chi connectivity index (χ2v) is 7.26. The highest BCUT2D eigenvalue weighted by Crippen LogP contribution is 2.28. The molecule has 1 aromatic rings. The molecule has 4 heteroatoms. The second kappa shape index (κ2) is 6.80. The molecule has 2 aliphatic carbocycles. The maximum Gasteiger partial charge on any atom is 0.118 e. The molecule has 0 amide bonds. The summed E-state index contributed by atoms with van der Waals surface area (Å²) in [5.74, 6) is 0.956. The second-order valence-electron chi connectivity index (χ2n) is 6.11. The Bertz CT molecular complexity index is 380. The van der Waals surface area contributed by atoms with E-state index in [2.05, 4.69) is 15.5 Å². The maximum atomic E-state index is 4.35. The predicted molar refractivity (Wildman–Crippen MR) is 79.5 cm³/mol. The van der Waals surface area contributed by atoms with E-state index < -0.39 is 0 Å². The van der Waals surface area contributed by atoms with Crippen LogP contribution < -0.4 is 5.32 Å². The Labute approximate surface area is 120 Å². The summed E-state index contributed by atoms with van der Waals surface area (Å²) in [6.45, 7) is 1.07. The molecule has 106 valence electrons. The third-order valence-electron chi connectivity index (χ3n) is 4.35. The fourth-order valence-corrected chi connectivity index (χ4v) is 3.82. The van der Waals surface area contributed by atoms with Gasteiger partial charge in [-0.2, -0.15) is 0 Å². The zero-order valence-corrected chi connectivity index (χ0v) is 12.6. The van der Waals surface area contributed by atoms with Gasteiger partial charge in [-0.3, -0.25) is 0 Å². The molecule has 1 N–H and O–H groups in total. The first-order valence-corrected chi connectivity index (χ1v) is 8.76. The molecule has 0 unspecified atom stereocenters. The highest BCUT2D eigenvalue weighted by Gasteiger charge is 2.20. The average molecular weight is 279 g/mol. The van der Waals surface area contributed by atoms with Gasteiger partial charge in [0.25, 0.3) is 0 Å². The van der Waals surface area contributed by atoms with Gasteiger partial charge in [0, 0.05) is 25.4 Å². The summed E-state index contributed by atoms with van der Waals surface area (Å²) in [5, 5.41) is 14.7. The molecule has 0 spiro atoms. The van der Waals surface area contributed by atoms with Crippen molar-refractivity contribution < 1.29 is 0 Å². The van der Waals surface area contributed by atoms with E-state index >= 15 is 0 Å². The molecule has 19 heavy (non-hydrogen) atoms. The number of nitrogens with one attached hydrogen (secondary N) is 1. The first kappa shape index (κ1) is 13.5. The summed E-state index contributed by atoms with van der Waals surface area (Å²) >= 11 is 1.83. The standard InChI is InChI=1S/C15H25N3S/c1-2-4-12(5-3-1)6-9-14-17-18-15(19-14)10-11-16-13-7-8-13/h12-13,16H,1-11H2. The lowest BCUT2D eigenvalue weighted by Gasteiger charge is -2.20. The Balaban J connectivity index is 1.36. The first-order chi connectivity index (χ1) is 9.40. The van der Waals surface area contributed by atoms with Gasteiger partial charge in [-0.15, -0.1) is 21.5 Å². The molecule has 3 nitrogen and oxygen atoms in total. The van der Waals surface area contributed by atoms with E-state index in [0.717, 1.165) is 31.3 Å². The van der Waals surface area contributed by atoms with Gasteiger partial charge in [0.05, 0.1) is 0 Å². The topological polar surface area (TPSA) is 37.8 Å². The van der Waals surface area contributed by atoms with Gasteiger partial charge < -0.3 is 5.32 Å². The molecule has 1 aromatic heterocycles. The molecular weight excluding hydrogens is 254 g/mol. The van der Waals surface area contributed by atoms with Crippen LogP contribution in [0.2, 0.25) is 0 Å². The van der Waals surface area contributed by atoms with Gasteiger partial charge in [-0.1, -0.05) is 32.1 Å². The van der Waals surface area contributed by atoms with Crippen LogP contribution in [0.1, 0.15) is 61.4 Å². The van der Waals surface area contributed by atoms with Crippen LogP contribution >= 0.6 is 11.3 Å². The minimum absolute atomic E-state index is 0.804. The van der Waals surface area contributed by atoms with E-state index in [1.807, 2.05) is 11.3 Å². The van der Waals surface area contributed by atoms with Crippen molar-refractivity contribution in [1.29, 1.82) is 0 Å². The van der Waals surface area contributed by atoms with Gasteiger partial charge in [0.15, 0.2) is 0 Å². The van der Waals surface area contributed by atoms with Gasteiger partial charge in [0.1, 0.15) is 10.0 Å². The fraction of sp³-hybridized carbons (Fsp3) is 0.867. The Morgan fingerprint density at radius 3 is 2.42 bits per heavy atom. The predicted octanol–water partition coefficient (Wildman–Crippen LogP) is 3.35. The number of nitrogens with zero attached hydrogens (tertiary/aromatic N) is 2. The number of hydrogen-bond acceptors (Lipinski definition) is 4. The molecule has 0 bridgehead atoms. The lowest BCUT2D eigenvalue weighted by atomic mass is 9.86. The van der Waals surface area contributed by atoms with Gasteiger partial charge >= 0.3 is 0 Å². The van der Waals surface area contributed by atoms with Crippen molar-refractivity contribution >= 4 is 11.3 Å². The minimum Gasteiger partial charge on any atom is -0.314 e. The van der Waals surface area contributed by atoms with Crippen molar-refractivity contribution in [3.05, 3.63) is 10.0 Å². The zero-order valence-electron chi connectivity index (χ0n) is 11.7. The minimum atomic E-state index is 0.804. The van der Waals surface area contributed by atoms with Crippen LogP contribution in [-0.2, 0) is 12.8 Å². The molecule has 0 aromatic carbocycles. The van der Waals surface area contributed by atoms with Crippen molar-refractivity contribution in [3.63, 3.8) is 0 Å². The third-order valence-corrected chi connectivity index (χ3v) is 5.39. The van der Waals surface area contributed by atoms with Crippen LogP contribution in [0.3, 0.4) is 0 Å². The number of hydrogen-bond donors (Lipinski definition) is 1. The van der Waals surface area contributed by atoms with E-state index in [-0.39, 0.29) is 0 Å². The van der Waals surface area contributed by atoms with Gasteiger partial charge in [0.2, 0.25) is 0 Å². The van der Waals surface area contributed by atoms with Crippen LogP contribution in [0, 0.1) is 5.92 Å². The molecule has 0 saturated heterocycles. The summed E-state index contributed by atoms with van der Waals surface area (Å²) < 4.78 is 0. The van der Waals surface area contributed by atoms with Crippen molar-refractivity contribution in [1.82, 2.24) is 15.5 Å². The quantitative estimate of drug-likeness (QED) is 0.832. The van der Waals surface area contributed by atoms with E-state index in [0.29, 0.717) is 0 Å². The molecule has 2 aliphatic rings. The van der Waals surface area contributed by atoms with Crippen LogP contribution in [0.4, 0.5) is 0 Å². The Hall–Kier alpha value is -0.480. The summed E-state index contributed by atoms with van der Waals surface area (Å²) in [6, 6.07) is 0.804. The summed E-state index contributed by atoms with van der Waals surface area (Å²) in [4.78, 5) is 0. The van der Waals surface area contributed by atoms with E-state index in [4.69, 9.17) is 0 Å². The summed E-state index contributed by atoms with van der Waals surface area (Å²) in [6.07, 6.45) is 13.5. The molecule has 1 heterocycles. The SMILES string of the molecule is C1CCC(CCc2nnc(CCNC3CC3)s2)CC1. The molecule has 0 radical (unpaired) electrons. The van der Waals surface area contributed by atoms with Crippen molar-refractivity contribution in [2.45, 2.75) is 70.3 Å². The zero-order chi connectivity index (χ0) is 12.9. The van der Waals surface area contributed by atoms with Crippen LogP contribution in [0.5, 0.6) is 0 Å². The monoisotopic (exact) mass is 279 g/mol. The fourth-order valence-electron chi connectivity index (χ4n) is 2.96. The van der Waals surface area contributed by atoms with E-state index in [9.17, 15) is 0 Å². The average Bonchev–Trinajstić information content (AvgIpc) is 3.16. The smallest absolute Gasteiger partial charge is 0.118 e. The van der Waals surface area contributed by atoms with Crippen molar-refractivity contribution in [3.8, 4) is 0 Å². The molecule has 0 aliphatic heterocycles. The molecular formula is C15H25N3S. The number of aryl methyl sites for hydroxylation is 1. The first-order valence-electron chi connectivity index (χ1n) is 7.95. The molecule has 2 fully saturated rings. The molecule has 0 atom stereocenters. The lowest BCUT2D eigenvalue weighted by molar-refractivity contribution is 0.339. The van der Waals surface area contributed by atoms with E-state index in [1.165, 1.54) is 61.4 Å². The largest absolute Gasteiger partial charge is 0.314 e. The highest BCUT2D eigenvalue weighted by molar-refractivity contribution is 7.11. The van der Waals surface area contributed by atoms with Gasteiger partial charge in [-0.05, 0) is 25.2 Å². The van der Waals surface area contributed by atoms with Crippen LogP contribution in [0.25, 0.3) is 0 Å². The number of rotatable bonds is 7.